The highest BCUT2D eigenvalue weighted by Gasteiger charge is 2.17. The number of aromatic nitrogens is 2. The van der Waals surface area contributed by atoms with Crippen LogP contribution in [0.5, 0.6) is 0 Å². The third-order valence-electron chi connectivity index (χ3n) is 2.48. The van der Waals surface area contributed by atoms with E-state index in [9.17, 15) is 14.5 Å². The molecule has 0 radical (unpaired) electrons. The molecule has 0 saturated heterocycles. The van der Waals surface area contributed by atoms with Crippen molar-refractivity contribution in [3.63, 3.8) is 0 Å². The number of nitro benzene ring substituents is 1. The predicted molar refractivity (Wildman–Crippen MR) is 71.3 cm³/mol. The van der Waals surface area contributed by atoms with Gasteiger partial charge in [0.2, 0.25) is 0 Å². The maximum Gasteiger partial charge on any atom is 0.293 e. The smallest absolute Gasteiger partial charge is 0.293 e. The largest absolute Gasteiger partial charge is 0.375 e. The van der Waals surface area contributed by atoms with Crippen molar-refractivity contribution in [2.75, 3.05) is 5.32 Å². The second-order valence-electron chi connectivity index (χ2n) is 3.92. The SMILES string of the molecule is Cn1cc(CNc2cc(F)c(Br)cc2[N+](=O)[O-])cn1. The van der Waals surface area contributed by atoms with Crippen molar-refractivity contribution >= 4 is 27.3 Å². The van der Waals surface area contributed by atoms with Gasteiger partial charge in [-0.25, -0.2) is 4.39 Å². The highest BCUT2D eigenvalue weighted by atomic mass is 79.9. The summed E-state index contributed by atoms with van der Waals surface area (Å²) < 4.78 is 15.1. The Morgan fingerprint density at radius 3 is 2.89 bits per heavy atom. The van der Waals surface area contributed by atoms with Gasteiger partial charge in [0.1, 0.15) is 11.5 Å². The van der Waals surface area contributed by atoms with Crippen LogP contribution >= 0.6 is 15.9 Å². The van der Waals surface area contributed by atoms with Crippen LogP contribution in [0, 0.1) is 15.9 Å². The molecule has 6 nitrogen and oxygen atoms in total. The fourth-order valence-corrected chi connectivity index (χ4v) is 1.92. The topological polar surface area (TPSA) is 73.0 Å². The van der Waals surface area contributed by atoms with Gasteiger partial charge in [-0.15, -0.1) is 0 Å². The number of anilines is 1. The molecule has 0 aliphatic heterocycles. The van der Waals surface area contributed by atoms with Crippen LogP contribution in [0.1, 0.15) is 5.56 Å². The van der Waals surface area contributed by atoms with E-state index in [0.29, 0.717) is 6.54 Å². The fourth-order valence-electron chi connectivity index (χ4n) is 1.59. The molecule has 1 heterocycles. The van der Waals surface area contributed by atoms with Gasteiger partial charge in [0.15, 0.2) is 0 Å². The second kappa shape index (κ2) is 5.35. The zero-order chi connectivity index (χ0) is 14.0. The molecule has 1 aromatic carbocycles. The minimum absolute atomic E-state index is 0.0612. The van der Waals surface area contributed by atoms with Gasteiger partial charge < -0.3 is 5.32 Å². The van der Waals surface area contributed by atoms with E-state index in [-0.39, 0.29) is 15.8 Å². The zero-order valence-electron chi connectivity index (χ0n) is 9.93. The van der Waals surface area contributed by atoms with E-state index in [0.717, 1.165) is 17.7 Å². The van der Waals surface area contributed by atoms with Gasteiger partial charge >= 0.3 is 0 Å². The molecule has 0 unspecified atom stereocenters. The first kappa shape index (κ1) is 13.5. The van der Waals surface area contributed by atoms with Crippen molar-refractivity contribution in [1.82, 2.24) is 9.78 Å². The summed E-state index contributed by atoms with van der Waals surface area (Å²) in [6.07, 6.45) is 3.40. The van der Waals surface area contributed by atoms with Crippen LogP contribution in [0.15, 0.2) is 29.0 Å². The van der Waals surface area contributed by atoms with Crippen LogP contribution < -0.4 is 5.32 Å². The monoisotopic (exact) mass is 328 g/mol. The number of nitrogens with zero attached hydrogens (tertiary/aromatic N) is 3. The zero-order valence-corrected chi connectivity index (χ0v) is 11.5. The van der Waals surface area contributed by atoms with E-state index in [1.54, 1.807) is 24.1 Å². The molecule has 0 fully saturated rings. The molecule has 0 saturated carbocycles. The summed E-state index contributed by atoms with van der Waals surface area (Å²) in [5, 5.41) is 17.7. The molecule has 2 aromatic rings. The summed E-state index contributed by atoms with van der Waals surface area (Å²) >= 11 is 2.93. The van der Waals surface area contributed by atoms with Gasteiger partial charge in [0.05, 0.1) is 15.6 Å². The molecule has 19 heavy (non-hydrogen) atoms. The number of hydrogen-bond acceptors (Lipinski definition) is 4. The van der Waals surface area contributed by atoms with E-state index in [2.05, 4.69) is 26.3 Å². The van der Waals surface area contributed by atoms with E-state index in [1.165, 1.54) is 0 Å². The summed E-state index contributed by atoms with van der Waals surface area (Å²) in [5.74, 6) is -0.556. The Balaban J connectivity index is 2.23. The highest BCUT2D eigenvalue weighted by Crippen LogP contribution is 2.30. The lowest BCUT2D eigenvalue weighted by Crippen LogP contribution is -2.03. The lowest BCUT2D eigenvalue weighted by atomic mass is 10.2. The number of nitrogens with one attached hydrogen (secondary N) is 1. The molecule has 1 aromatic heterocycles. The third kappa shape index (κ3) is 3.08. The Hall–Kier alpha value is -1.96. The number of hydrogen-bond donors (Lipinski definition) is 1. The van der Waals surface area contributed by atoms with Gasteiger partial charge in [-0.05, 0) is 15.9 Å². The Labute approximate surface area is 116 Å². The molecular weight excluding hydrogens is 319 g/mol. The number of benzene rings is 1. The second-order valence-corrected chi connectivity index (χ2v) is 4.77. The van der Waals surface area contributed by atoms with Crippen LogP contribution in [-0.2, 0) is 13.6 Å². The molecule has 2 rings (SSSR count). The summed E-state index contributed by atoms with van der Waals surface area (Å²) in [7, 11) is 1.77. The molecule has 8 heteroatoms. The first-order valence-corrected chi connectivity index (χ1v) is 6.11. The van der Waals surface area contributed by atoms with Crippen molar-refractivity contribution in [1.29, 1.82) is 0 Å². The van der Waals surface area contributed by atoms with E-state index >= 15 is 0 Å². The standard InChI is InChI=1S/C11H10BrFN4O2/c1-16-6-7(5-15-16)4-14-10-3-9(13)8(12)2-11(10)17(18)19/h2-3,5-6,14H,4H2,1H3. The molecule has 100 valence electrons. The third-order valence-corrected chi connectivity index (χ3v) is 3.08. The van der Waals surface area contributed by atoms with Crippen LogP contribution in [0.2, 0.25) is 0 Å². The highest BCUT2D eigenvalue weighted by molar-refractivity contribution is 9.10. The van der Waals surface area contributed by atoms with Crippen molar-refractivity contribution < 1.29 is 9.31 Å². The summed E-state index contributed by atoms with van der Waals surface area (Å²) in [6.45, 7) is 0.329. The van der Waals surface area contributed by atoms with E-state index in [4.69, 9.17) is 0 Å². The molecule has 0 bridgehead atoms. The van der Waals surface area contributed by atoms with Crippen molar-refractivity contribution in [3.05, 3.63) is 50.5 Å². The number of aryl methyl sites for hydroxylation is 1. The Bertz CT molecular complexity index is 629. The average molecular weight is 329 g/mol. The minimum atomic E-state index is -0.560. The molecule has 0 spiro atoms. The van der Waals surface area contributed by atoms with Crippen LogP contribution in [0.4, 0.5) is 15.8 Å². The maximum absolute atomic E-state index is 13.4. The predicted octanol–water partition coefficient (Wildman–Crippen LogP) is 2.84. The van der Waals surface area contributed by atoms with Crippen molar-refractivity contribution in [2.24, 2.45) is 7.05 Å². The maximum atomic E-state index is 13.4. The molecule has 0 aliphatic rings. The molecule has 0 amide bonds. The average Bonchev–Trinajstić information content (AvgIpc) is 2.76. The fraction of sp³-hybridized carbons (Fsp3) is 0.182. The quantitative estimate of drug-likeness (QED) is 0.691. The van der Waals surface area contributed by atoms with Gasteiger partial charge in [0.25, 0.3) is 5.69 Å². The first-order valence-electron chi connectivity index (χ1n) is 5.32. The van der Waals surface area contributed by atoms with Gasteiger partial charge in [-0.2, -0.15) is 5.10 Å². The summed E-state index contributed by atoms with van der Waals surface area (Å²) in [6, 6.07) is 2.24. The van der Waals surface area contributed by atoms with E-state index in [1.807, 2.05) is 0 Å². The number of rotatable bonds is 4. The van der Waals surface area contributed by atoms with Crippen LogP contribution in [-0.4, -0.2) is 14.7 Å². The lowest BCUT2D eigenvalue weighted by Gasteiger charge is -2.06. The molecule has 0 atom stereocenters. The Kier molecular flexibility index (Phi) is 3.79. The van der Waals surface area contributed by atoms with Crippen molar-refractivity contribution in [3.8, 4) is 0 Å². The minimum Gasteiger partial charge on any atom is -0.375 e. The van der Waals surface area contributed by atoms with Gasteiger partial charge in [-0.3, -0.25) is 14.8 Å². The van der Waals surface area contributed by atoms with Gasteiger partial charge in [0, 0.05) is 37.5 Å². The van der Waals surface area contributed by atoms with Crippen LogP contribution in [0.3, 0.4) is 0 Å². The summed E-state index contributed by atoms with van der Waals surface area (Å²) in [4.78, 5) is 10.3. The van der Waals surface area contributed by atoms with E-state index < -0.39 is 10.7 Å². The molecular formula is C11H10BrFN4O2. The van der Waals surface area contributed by atoms with Crippen LogP contribution in [0.25, 0.3) is 0 Å². The lowest BCUT2D eigenvalue weighted by molar-refractivity contribution is -0.384. The normalized spacial score (nSPS) is 10.5. The number of halogens is 2. The molecule has 1 N–H and O–H groups in total. The van der Waals surface area contributed by atoms with Gasteiger partial charge in [-0.1, -0.05) is 0 Å². The van der Waals surface area contributed by atoms with Crippen molar-refractivity contribution in [2.45, 2.75) is 6.54 Å². The Morgan fingerprint density at radius 1 is 1.58 bits per heavy atom. The number of nitro groups is 1. The first-order chi connectivity index (χ1) is 8.97. The summed E-state index contributed by atoms with van der Waals surface area (Å²) in [5.41, 5.74) is 0.798. The molecule has 0 aliphatic carbocycles. The Morgan fingerprint density at radius 2 is 2.32 bits per heavy atom.